The Hall–Kier alpha value is -1.22. The van der Waals surface area contributed by atoms with E-state index in [1.165, 1.54) is 0 Å². The average molecular weight is 227 g/mol. The van der Waals surface area contributed by atoms with Crippen LogP contribution in [0, 0.1) is 0 Å². The topological polar surface area (TPSA) is 35.5 Å². The molecule has 0 saturated heterocycles. The molecule has 3 nitrogen and oxygen atoms in total. The summed E-state index contributed by atoms with van der Waals surface area (Å²) in [5, 5.41) is 0.428. The molecule has 15 heavy (non-hydrogen) atoms. The second-order valence-corrected chi connectivity index (χ2v) is 3.77. The van der Waals surface area contributed by atoms with Gasteiger partial charge in [0, 0.05) is 18.1 Å². The molecule has 0 aliphatic carbocycles. The quantitative estimate of drug-likeness (QED) is 0.744. The minimum absolute atomic E-state index is 0.0424. The first-order valence-electron chi connectivity index (χ1n) is 4.84. The molecule has 1 aliphatic heterocycles. The average Bonchev–Trinajstić information content (AvgIpc) is 2.63. The van der Waals surface area contributed by atoms with E-state index in [1.807, 2.05) is 6.92 Å². The third-order valence-corrected chi connectivity index (χ3v) is 2.55. The molecule has 0 fully saturated rings. The Morgan fingerprint density at radius 1 is 1.40 bits per heavy atom. The molecule has 2 rings (SSSR count). The summed E-state index contributed by atoms with van der Waals surface area (Å²) in [5.74, 6) is 1.24. The summed E-state index contributed by atoms with van der Waals surface area (Å²) in [6.45, 7) is 2.15. The van der Waals surface area contributed by atoms with Gasteiger partial charge in [-0.2, -0.15) is 0 Å². The summed E-state index contributed by atoms with van der Waals surface area (Å²) in [7, 11) is 0. The standard InChI is InChI=1S/C11H11ClO3/c1-2-3-9(13)7-4-10-11(5-8(7)12)15-6-14-10/h4-5H,2-3,6H2,1H3. The van der Waals surface area contributed by atoms with Gasteiger partial charge in [0.15, 0.2) is 17.3 Å². The van der Waals surface area contributed by atoms with Gasteiger partial charge in [0.1, 0.15) is 0 Å². The van der Waals surface area contributed by atoms with Crippen molar-refractivity contribution in [2.24, 2.45) is 0 Å². The Morgan fingerprint density at radius 2 is 2.07 bits per heavy atom. The van der Waals surface area contributed by atoms with Gasteiger partial charge in [-0.15, -0.1) is 0 Å². The molecule has 1 aromatic rings. The van der Waals surface area contributed by atoms with Gasteiger partial charge in [0.25, 0.3) is 0 Å². The lowest BCUT2D eigenvalue weighted by atomic mass is 10.1. The van der Waals surface area contributed by atoms with Crippen molar-refractivity contribution < 1.29 is 14.3 Å². The number of Topliss-reactive ketones (excluding diaryl/α,β-unsaturated/α-hetero) is 1. The Labute approximate surface area is 92.9 Å². The lowest BCUT2D eigenvalue weighted by molar-refractivity contribution is 0.0981. The first kappa shape index (κ1) is 10.3. The van der Waals surface area contributed by atoms with Crippen LogP contribution in [0.25, 0.3) is 0 Å². The highest BCUT2D eigenvalue weighted by Gasteiger charge is 2.19. The highest BCUT2D eigenvalue weighted by atomic mass is 35.5. The number of ketones is 1. The van der Waals surface area contributed by atoms with Crippen LogP contribution in [-0.2, 0) is 0 Å². The van der Waals surface area contributed by atoms with Crippen LogP contribution >= 0.6 is 11.6 Å². The molecule has 80 valence electrons. The number of carbonyl (C=O) groups is 1. The van der Waals surface area contributed by atoms with Crippen molar-refractivity contribution in [1.29, 1.82) is 0 Å². The Balaban J connectivity index is 2.36. The van der Waals surface area contributed by atoms with Crippen molar-refractivity contribution >= 4 is 17.4 Å². The molecule has 0 bridgehead atoms. The van der Waals surface area contributed by atoms with Crippen molar-refractivity contribution in [1.82, 2.24) is 0 Å². The number of benzene rings is 1. The van der Waals surface area contributed by atoms with Gasteiger partial charge in [-0.05, 0) is 12.5 Å². The van der Waals surface area contributed by atoms with Crippen LogP contribution in [0.1, 0.15) is 30.1 Å². The van der Waals surface area contributed by atoms with Crippen LogP contribution in [-0.4, -0.2) is 12.6 Å². The van der Waals surface area contributed by atoms with E-state index < -0.39 is 0 Å². The molecule has 0 unspecified atom stereocenters. The van der Waals surface area contributed by atoms with E-state index >= 15 is 0 Å². The molecule has 0 amide bonds. The number of hydrogen-bond acceptors (Lipinski definition) is 3. The molecule has 4 heteroatoms. The summed E-state index contributed by atoms with van der Waals surface area (Å²) < 4.78 is 10.3. The predicted octanol–water partition coefficient (Wildman–Crippen LogP) is 3.05. The van der Waals surface area contributed by atoms with Gasteiger partial charge >= 0.3 is 0 Å². The summed E-state index contributed by atoms with van der Waals surface area (Å²) >= 11 is 5.98. The second kappa shape index (κ2) is 4.11. The third kappa shape index (κ3) is 1.92. The first-order chi connectivity index (χ1) is 7.22. The SMILES string of the molecule is CCCC(=O)c1cc2c(cc1Cl)OCO2. The minimum atomic E-state index is 0.0424. The smallest absolute Gasteiger partial charge is 0.231 e. The van der Waals surface area contributed by atoms with Crippen molar-refractivity contribution in [3.8, 4) is 11.5 Å². The third-order valence-electron chi connectivity index (χ3n) is 2.24. The normalized spacial score (nSPS) is 12.9. The molecule has 1 aliphatic rings. The molecular weight excluding hydrogens is 216 g/mol. The molecule has 1 heterocycles. The Kier molecular flexibility index (Phi) is 2.82. The van der Waals surface area contributed by atoms with E-state index in [0.717, 1.165) is 6.42 Å². The Morgan fingerprint density at radius 3 is 2.73 bits per heavy atom. The summed E-state index contributed by atoms with van der Waals surface area (Å²) in [5.41, 5.74) is 0.516. The van der Waals surface area contributed by atoms with Gasteiger partial charge in [0.2, 0.25) is 6.79 Å². The zero-order chi connectivity index (χ0) is 10.8. The molecule has 0 N–H and O–H groups in total. The fourth-order valence-corrected chi connectivity index (χ4v) is 1.75. The van der Waals surface area contributed by atoms with Crippen LogP contribution in [0.4, 0.5) is 0 Å². The van der Waals surface area contributed by atoms with Crippen molar-refractivity contribution in [3.63, 3.8) is 0 Å². The highest BCUT2D eigenvalue weighted by Crippen LogP contribution is 2.37. The van der Waals surface area contributed by atoms with Gasteiger partial charge in [-0.3, -0.25) is 4.79 Å². The maximum absolute atomic E-state index is 11.7. The molecule has 0 radical (unpaired) electrons. The monoisotopic (exact) mass is 226 g/mol. The highest BCUT2D eigenvalue weighted by molar-refractivity contribution is 6.34. The first-order valence-corrected chi connectivity index (χ1v) is 5.22. The number of halogens is 1. The lowest BCUT2D eigenvalue weighted by Crippen LogP contribution is -1.99. The van der Waals surface area contributed by atoms with Crippen molar-refractivity contribution in [3.05, 3.63) is 22.7 Å². The molecule has 0 saturated carbocycles. The van der Waals surface area contributed by atoms with Crippen LogP contribution in [0.15, 0.2) is 12.1 Å². The lowest BCUT2D eigenvalue weighted by Gasteiger charge is -2.04. The molecule has 0 spiro atoms. The zero-order valence-corrected chi connectivity index (χ0v) is 9.13. The largest absolute Gasteiger partial charge is 0.454 e. The van der Waals surface area contributed by atoms with E-state index in [-0.39, 0.29) is 12.6 Å². The predicted molar refractivity (Wildman–Crippen MR) is 56.8 cm³/mol. The van der Waals surface area contributed by atoms with Crippen molar-refractivity contribution in [2.75, 3.05) is 6.79 Å². The van der Waals surface area contributed by atoms with Gasteiger partial charge in [-0.25, -0.2) is 0 Å². The fourth-order valence-electron chi connectivity index (χ4n) is 1.49. The summed E-state index contributed by atoms with van der Waals surface area (Å²) in [6.07, 6.45) is 1.31. The summed E-state index contributed by atoms with van der Waals surface area (Å²) in [6, 6.07) is 3.29. The zero-order valence-electron chi connectivity index (χ0n) is 8.38. The molecular formula is C11H11ClO3. The number of fused-ring (bicyclic) bond motifs is 1. The van der Waals surface area contributed by atoms with Gasteiger partial charge < -0.3 is 9.47 Å². The van der Waals surface area contributed by atoms with E-state index in [9.17, 15) is 4.79 Å². The van der Waals surface area contributed by atoms with Crippen molar-refractivity contribution in [2.45, 2.75) is 19.8 Å². The maximum Gasteiger partial charge on any atom is 0.231 e. The van der Waals surface area contributed by atoms with Gasteiger partial charge in [-0.1, -0.05) is 18.5 Å². The number of carbonyl (C=O) groups excluding carboxylic acids is 1. The molecule has 1 aromatic carbocycles. The fraction of sp³-hybridized carbons (Fsp3) is 0.364. The number of hydrogen-bond donors (Lipinski definition) is 0. The van der Waals surface area contributed by atoms with E-state index in [2.05, 4.69) is 0 Å². The van der Waals surface area contributed by atoms with E-state index in [0.29, 0.717) is 28.5 Å². The maximum atomic E-state index is 11.7. The second-order valence-electron chi connectivity index (χ2n) is 3.36. The Bertz CT molecular complexity index is 401. The molecule has 0 aromatic heterocycles. The van der Waals surface area contributed by atoms with Crippen LogP contribution < -0.4 is 9.47 Å². The van der Waals surface area contributed by atoms with Crippen LogP contribution in [0.2, 0.25) is 5.02 Å². The van der Waals surface area contributed by atoms with Crippen LogP contribution in [0.3, 0.4) is 0 Å². The number of rotatable bonds is 3. The molecule has 0 atom stereocenters. The summed E-state index contributed by atoms with van der Waals surface area (Å²) in [4.78, 5) is 11.7. The van der Waals surface area contributed by atoms with Crippen LogP contribution in [0.5, 0.6) is 11.5 Å². The van der Waals surface area contributed by atoms with E-state index in [4.69, 9.17) is 21.1 Å². The minimum Gasteiger partial charge on any atom is -0.454 e. The van der Waals surface area contributed by atoms with E-state index in [1.54, 1.807) is 12.1 Å². The van der Waals surface area contributed by atoms with Gasteiger partial charge in [0.05, 0.1) is 5.02 Å². The number of ether oxygens (including phenoxy) is 2.